The Morgan fingerprint density at radius 2 is 0.565 bits per heavy atom. The maximum Gasteiger partial charge on any atom is 0.171 e. The lowest BCUT2D eigenvalue weighted by molar-refractivity contribution is 0.591. The molecule has 0 aliphatic carbocycles. The third-order valence-corrected chi connectivity index (χ3v) is 16.7. The molecule has 0 amide bonds. The van der Waals surface area contributed by atoms with E-state index in [1.165, 1.54) is 22.3 Å². The number of rotatable bonds is 5. The van der Waals surface area contributed by atoms with E-state index in [1.807, 2.05) is 36.4 Å². The Hall–Kier alpha value is -4.22. The SMILES string of the molecule is O=P1(c2ccccc2CCc2ccccc2P2(=O)c3ccccc3CCc3ccccc32)c2ccccc2CCc2ccccc21. The molecule has 0 saturated carbocycles. The van der Waals surface area contributed by atoms with Crippen LogP contribution in [0.2, 0.25) is 0 Å². The van der Waals surface area contributed by atoms with E-state index in [2.05, 4.69) is 109 Å². The third kappa shape index (κ3) is 4.70. The van der Waals surface area contributed by atoms with Gasteiger partial charge in [-0.3, -0.25) is 0 Å². The van der Waals surface area contributed by atoms with Crippen molar-refractivity contribution < 1.29 is 9.13 Å². The molecule has 226 valence electrons. The Bertz CT molecular complexity index is 1940. The molecule has 46 heavy (non-hydrogen) atoms. The van der Waals surface area contributed by atoms with Gasteiger partial charge in [0.2, 0.25) is 0 Å². The quantitative estimate of drug-likeness (QED) is 0.193. The fourth-order valence-electron chi connectivity index (χ4n) is 7.76. The van der Waals surface area contributed by atoms with Gasteiger partial charge in [-0.25, -0.2) is 0 Å². The van der Waals surface area contributed by atoms with Crippen molar-refractivity contribution in [3.8, 4) is 0 Å². The first-order chi connectivity index (χ1) is 22.6. The van der Waals surface area contributed by atoms with Crippen LogP contribution >= 0.6 is 14.3 Å². The minimum Gasteiger partial charge on any atom is -0.309 e. The van der Waals surface area contributed by atoms with Crippen molar-refractivity contribution in [2.75, 3.05) is 0 Å². The molecular weight excluding hydrogens is 598 g/mol. The minimum absolute atomic E-state index is 0.699. The normalized spacial score (nSPS) is 15.7. The zero-order valence-electron chi connectivity index (χ0n) is 25.8. The summed E-state index contributed by atoms with van der Waals surface area (Å²) in [4.78, 5) is 0. The van der Waals surface area contributed by atoms with E-state index >= 15 is 9.13 Å². The van der Waals surface area contributed by atoms with Crippen LogP contribution in [0.5, 0.6) is 0 Å². The zero-order chi connectivity index (χ0) is 31.1. The van der Waals surface area contributed by atoms with E-state index in [-0.39, 0.29) is 0 Å². The predicted molar refractivity (Wildman–Crippen MR) is 194 cm³/mol. The Balaban J connectivity index is 1.25. The molecule has 0 fully saturated rings. The molecule has 0 saturated heterocycles. The van der Waals surface area contributed by atoms with Crippen LogP contribution in [-0.4, -0.2) is 0 Å². The smallest absolute Gasteiger partial charge is 0.171 e. The standard InChI is InChI=1S/C42H36O2P2/c43-45(37-19-7-1-13-31(37)25-26-32-14-2-8-20-38(32)45)41-23-11-5-17-35(41)29-30-36-18-6-12-24-42(36)46(44)39-21-9-3-15-33(39)27-28-34-16-4-10-22-40(34)46/h1-24H,25-30H2. The second-order valence-corrected chi connectivity index (χ2v) is 17.8. The largest absolute Gasteiger partial charge is 0.309 e. The molecule has 2 heterocycles. The Morgan fingerprint density at radius 1 is 0.326 bits per heavy atom. The fraction of sp³-hybridized carbons (Fsp3) is 0.143. The van der Waals surface area contributed by atoms with Crippen molar-refractivity contribution in [1.29, 1.82) is 0 Å². The Morgan fingerprint density at radius 3 is 0.870 bits per heavy atom. The monoisotopic (exact) mass is 634 g/mol. The second kappa shape index (κ2) is 11.9. The molecule has 2 nitrogen and oxygen atoms in total. The van der Waals surface area contributed by atoms with E-state index in [0.29, 0.717) is 12.8 Å². The van der Waals surface area contributed by atoms with Gasteiger partial charge >= 0.3 is 0 Å². The highest BCUT2D eigenvalue weighted by molar-refractivity contribution is 7.86. The highest BCUT2D eigenvalue weighted by Gasteiger charge is 2.38. The van der Waals surface area contributed by atoms with Crippen LogP contribution in [0.3, 0.4) is 0 Å². The van der Waals surface area contributed by atoms with Gasteiger partial charge in [0.15, 0.2) is 14.3 Å². The summed E-state index contributed by atoms with van der Waals surface area (Å²) < 4.78 is 31.5. The van der Waals surface area contributed by atoms with Crippen molar-refractivity contribution in [3.05, 3.63) is 179 Å². The topological polar surface area (TPSA) is 34.1 Å². The summed E-state index contributed by atoms with van der Waals surface area (Å²) in [7, 11) is -6.30. The molecule has 0 aromatic heterocycles. The number of benzene rings is 6. The summed E-state index contributed by atoms with van der Waals surface area (Å²) in [5.41, 5.74) is 6.87. The van der Waals surface area contributed by atoms with Gasteiger partial charge in [0.05, 0.1) is 0 Å². The second-order valence-electron chi connectivity index (χ2n) is 12.5. The number of hydrogen-bond acceptors (Lipinski definition) is 2. The van der Waals surface area contributed by atoms with E-state index in [9.17, 15) is 0 Å². The molecular formula is C42H36O2P2. The molecule has 0 radical (unpaired) electrons. The lowest BCUT2D eigenvalue weighted by atomic mass is 10.0. The minimum atomic E-state index is -3.15. The number of hydrogen-bond donors (Lipinski definition) is 0. The van der Waals surface area contributed by atoms with Crippen LogP contribution in [0, 0.1) is 0 Å². The molecule has 0 spiro atoms. The molecule has 0 unspecified atom stereocenters. The molecule has 0 bridgehead atoms. The van der Waals surface area contributed by atoms with E-state index < -0.39 is 14.3 Å². The van der Waals surface area contributed by atoms with Crippen LogP contribution in [0.25, 0.3) is 0 Å². The van der Waals surface area contributed by atoms with Crippen molar-refractivity contribution in [2.45, 2.75) is 38.5 Å². The number of aryl methyl sites for hydroxylation is 6. The van der Waals surface area contributed by atoms with Gasteiger partial charge < -0.3 is 9.13 Å². The van der Waals surface area contributed by atoms with Crippen molar-refractivity contribution in [3.63, 3.8) is 0 Å². The van der Waals surface area contributed by atoms with Gasteiger partial charge in [0.1, 0.15) is 0 Å². The van der Waals surface area contributed by atoms with Gasteiger partial charge in [-0.05, 0) is 71.9 Å². The summed E-state index contributed by atoms with van der Waals surface area (Å²) in [6.07, 6.45) is 4.92. The number of fused-ring (bicyclic) bond motifs is 4. The molecule has 0 N–H and O–H groups in total. The predicted octanol–water partition coefficient (Wildman–Crippen LogP) is 6.95. The van der Waals surface area contributed by atoms with Gasteiger partial charge in [0.25, 0.3) is 0 Å². The molecule has 2 aliphatic heterocycles. The zero-order valence-corrected chi connectivity index (χ0v) is 27.6. The van der Waals surface area contributed by atoms with Crippen LogP contribution in [0.15, 0.2) is 146 Å². The van der Waals surface area contributed by atoms with Crippen molar-refractivity contribution in [1.82, 2.24) is 0 Å². The fourth-order valence-corrected chi connectivity index (χ4v) is 14.6. The first kappa shape index (κ1) is 29.2. The molecule has 6 aromatic carbocycles. The summed E-state index contributed by atoms with van der Waals surface area (Å²) in [5, 5.41) is 5.69. The van der Waals surface area contributed by atoms with Crippen LogP contribution in [0.1, 0.15) is 33.4 Å². The lowest BCUT2D eigenvalue weighted by Gasteiger charge is -2.26. The van der Waals surface area contributed by atoms with Crippen LogP contribution in [0.4, 0.5) is 0 Å². The first-order valence-corrected chi connectivity index (χ1v) is 19.7. The molecule has 8 rings (SSSR count). The Labute approximate surface area is 271 Å². The average Bonchev–Trinajstić information content (AvgIpc) is 3.33. The molecule has 0 atom stereocenters. The molecule has 6 aromatic rings. The van der Waals surface area contributed by atoms with E-state index in [4.69, 9.17) is 0 Å². The van der Waals surface area contributed by atoms with Crippen molar-refractivity contribution >= 4 is 46.1 Å². The van der Waals surface area contributed by atoms with Gasteiger partial charge in [0, 0.05) is 31.8 Å². The van der Waals surface area contributed by atoms with Gasteiger partial charge in [-0.15, -0.1) is 0 Å². The summed E-state index contributed by atoms with van der Waals surface area (Å²) in [6, 6.07) is 49.9. The van der Waals surface area contributed by atoms with Gasteiger partial charge in [-0.1, -0.05) is 146 Å². The van der Waals surface area contributed by atoms with Crippen molar-refractivity contribution in [2.24, 2.45) is 0 Å². The first-order valence-electron chi connectivity index (χ1n) is 16.3. The lowest BCUT2D eigenvalue weighted by Crippen LogP contribution is -2.30. The summed E-state index contributed by atoms with van der Waals surface area (Å²) in [5.74, 6) is 0. The maximum atomic E-state index is 15.8. The summed E-state index contributed by atoms with van der Waals surface area (Å²) in [6.45, 7) is 0. The van der Waals surface area contributed by atoms with E-state index in [1.54, 1.807) is 0 Å². The maximum absolute atomic E-state index is 15.8. The summed E-state index contributed by atoms with van der Waals surface area (Å²) >= 11 is 0. The highest BCUT2D eigenvalue weighted by atomic mass is 31.2. The average molecular weight is 635 g/mol. The molecule has 2 aliphatic rings. The van der Waals surface area contributed by atoms with Crippen LogP contribution in [-0.2, 0) is 47.7 Å². The van der Waals surface area contributed by atoms with E-state index in [0.717, 1.165) is 68.6 Å². The molecule has 4 heteroatoms. The van der Waals surface area contributed by atoms with Crippen LogP contribution < -0.4 is 31.8 Å². The van der Waals surface area contributed by atoms with Gasteiger partial charge in [-0.2, -0.15) is 0 Å². The highest BCUT2D eigenvalue weighted by Crippen LogP contribution is 2.49. The Kier molecular flexibility index (Phi) is 7.53. The third-order valence-electron chi connectivity index (χ3n) is 9.98.